The van der Waals surface area contributed by atoms with E-state index in [2.05, 4.69) is 11.1 Å². The van der Waals surface area contributed by atoms with E-state index < -0.39 is 5.97 Å². The van der Waals surface area contributed by atoms with E-state index in [1.807, 2.05) is 6.26 Å². The van der Waals surface area contributed by atoms with Crippen LogP contribution in [0.5, 0.6) is 0 Å². The van der Waals surface area contributed by atoms with Gasteiger partial charge >= 0.3 is 5.97 Å². The predicted molar refractivity (Wildman–Crippen MR) is 82.9 cm³/mol. The SMILES string of the molecule is CSc1cc(C#N)cc2nc(-c3ccc(C(=O)O)cc3)oc12. The van der Waals surface area contributed by atoms with Crippen molar-refractivity contribution < 1.29 is 14.3 Å². The number of nitrogens with zero attached hydrogens (tertiary/aromatic N) is 2. The van der Waals surface area contributed by atoms with Crippen molar-refractivity contribution in [2.24, 2.45) is 0 Å². The lowest BCUT2D eigenvalue weighted by molar-refractivity contribution is 0.0697. The van der Waals surface area contributed by atoms with Gasteiger partial charge in [0.1, 0.15) is 5.52 Å². The molecule has 3 aromatic rings. The highest BCUT2D eigenvalue weighted by Crippen LogP contribution is 2.32. The Kier molecular flexibility index (Phi) is 3.57. The van der Waals surface area contributed by atoms with Gasteiger partial charge in [-0.25, -0.2) is 9.78 Å². The first-order valence-electron chi connectivity index (χ1n) is 6.35. The summed E-state index contributed by atoms with van der Waals surface area (Å²) in [6.07, 6.45) is 1.90. The molecule has 1 N–H and O–H groups in total. The molecule has 0 spiro atoms. The number of carboxylic acid groups (broad SMARTS) is 1. The number of benzene rings is 2. The molecule has 22 heavy (non-hydrogen) atoms. The minimum Gasteiger partial charge on any atom is -0.478 e. The molecule has 0 amide bonds. The Bertz CT molecular complexity index is 908. The first-order chi connectivity index (χ1) is 10.6. The third-order valence-electron chi connectivity index (χ3n) is 3.18. The van der Waals surface area contributed by atoms with Crippen LogP contribution in [0.4, 0.5) is 0 Å². The zero-order chi connectivity index (χ0) is 15.7. The van der Waals surface area contributed by atoms with Crippen LogP contribution in [0.15, 0.2) is 45.7 Å². The molecule has 108 valence electrons. The number of aromatic nitrogens is 1. The summed E-state index contributed by atoms with van der Waals surface area (Å²) < 4.78 is 5.79. The lowest BCUT2D eigenvalue weighted by atomic mass is 10.1. The lowest BCUT2D eigenvalue weighted by Crippen LogP contribution is -1.94. The minimum atomic E-state index is -0.979. The fourth-order valence-electron chi connectivity index (χ4n) is 2.10. The van der Waals surface area contributed by atoms with Gasteiger partial charge < -0.3 is 9.52 Å². The number of oxazole rings is 1. The molecule has 0 unspecified atom stereocenters. The highest BCUT2D eigenvalue weighted by molar-refractivity contribution is 7.98. The van der Waals surface area contributed by atoms with Crippen molar-refractivity contribution in [2.45, 2.75) is 4.90 Å². The number of hydrogen-bond donors (Lipinski definition) is 1. The molecule has 6 heteroatoms. The van der Waals surface area contributed by atoms with Crippen molar-refractivity contribution in [1.82, 2.24) is 4.98 Å². The Morgan fingerprint density at radius 2 is 2.05 bits per heavy atom. The Morgan fingerprint density at radius 1 is 1.32 bits per heavy atom. The third-order valence-corrected chi connectivity index (χ3v) is 3.93. The quantitative estimate of drug-likeness (QED) is 0.741. The molecule has 3 rings (SSSR count). The van der Waals surface area contributed by atoms with Crippen LogP contribution in [-0.2, 0) is 0 Å². The number of carbonyl (C=O) groups is 1. The summed E-state index contributed by atoms with van der Waals surface area (Å²) in [5.41, 5.74) is 2.66. The Labute approximate surface area is 130 Å². The van der Waals surface area contributed by atoms with E-state index in [-0.39, 0.29) is 5.56 Å². The van der Waals surface area contributed by atoms with E-state index in [0.717, 1.165) is 4.90 Å². The minimum absolute atomic E-state index is 0.205. The van der Waals surface area contributed by atoms with Crippen molar-refractivity contribution in [2.75, 3.05) is 6.26 Å². The van der Waals surface area contributed by atoms with Crippen molar-refractivity contribution in [3.8, 4) is 17.5 Å². The van der Waals surface area contributed by atoms with Crippen LogP contribution in [0.2, 0.25) is 0 Å². The van der Waals surface area contributed by atoms with Crippen LogP contribution in [0.1, 0.15) is 15.9 Å². The van der Waals surface area contributed by atoms with Crippen LogP contribution in [0.25, 0.3) is 22.6 Å². The third kappa shape index (κ3) is 2.43. The first-order valence-corrected chi connectivity index (χ1v) is 7.57. The summed E-state index contributed by atoms with van der Waals surface area (Å²) in [4.78, 5) is 16.1. The van der Waals surface area contributed by atoms with Gasteiger partial charge in [-0.15, -0.1) is 11.8 Å². The Balaban J connectivity index is 2.12. The molecule has 1 heterocycles. The molecule has 1 aromatic heterocycles. The predicted octanol–water partition coefficient (Wildman–Crippen LogP) is 3.79. The average Bonchev–Trinajstić information content (AvgIpc) is 2.97. The van der Waals surface area contributed by atoms with Gasteiger partial charge in [0.15, 0.2) is 5.58 Å². The van der Waals surface area contributed by atoms with Crippen LogP contribution in [0.3, 0.4) is 0 Å². The van der Waals surface area contributed by atoms with Crippen molar-refractivity contribution in [3.63, 3.8) is 0 Å². The number of rotatable bonds is 3. The summed E-state index contributed by atoms with van der Waals surface area (Å²) in [6, 6.07) is 11.8. The summed E-state index contributed by atoms with van der Waals surface area (Å²) in [7, 11) is 0. The number of fused-ring (bicyclic) bond motifs is 1. The molecule has 0 aliphatic carbocycles. The van der Waals surface area contributed by atoms with Gasteiger partial charge in [-0.2, -0.15) is 5.26 Å². The molecule has 0 aliphatic rings. The molecular formula is C16H10N2O3S. The molecule has 0 aliphatic heterocycles. The summed E-state index contributed by atoms with van der Waals surface area (Å²) >= 11 is 1.48. The molecule has 0 radical (unpaired) electrons. The Hall–Kier alpha value is -2.78. The van der Waals surface area contributed by atoms with Gasteiger partial charge in [-0.3, -0.25) is 0 Å². The van der Waals surface area contributed by atoms with E-state index >= 15 is 0 Å². The van der Waals surface area contributed by atoms with Gasteiger partial charge in [0.2, 0.25) is 5.89 Å². The smallest absolute Gasteiger partial charge is 0.335 e. The molecule has 0 saturated carbocycles. The van der Waals surface area contributed by atoms with Crippen LogP contribution in [-0.4, -0.2) is 22.3 Å². The van der Waals surface area contributed by atoms with Gasteiger partial charge in [0.25, 0.3) is 0 Å². The molecule has 0 bridgehead atoms. The number of hydrogen-bond acceptors (Lipinski definition) is 5. The van der Waals surface area contributed by atoms with Crippen molar-refractivity contribution >= 4 is 28.8 Å². The molecule has 5 nitrogen and oxygen atoms in total. The van der Waals surface area contributed by atoms with E-state index in [1.165, 1.54) is 23.9 Å². The number of aromatic carboxylic acids is 1. The normalized spacial score (nSPS) is 10.5. The number of carboxylic acids is 1. The first kappa shape index (κ1) is 14.2. The van der Waals surface area contributed by atoms with Crippen molar-refractivity contribution in [3.05, 3.63) is 47.5 Å². The average molecular weight is 310 g/mol. The summed E-state index contributed by atoms with van der Waals surface area (Å²) in [6.45, 7) is 0. The largest absolute Gasteiger partial charge is 0.478 e. The lowest BCUT2D eigenvalue weighted by Gasteiger charge is -1.98. The van der Waals surface area contributed by atoms with E-state index in [1.54, 1.807) is 24.3 Å². The van der Waals surface area contributed by atoms with Crippen LogP contribution < -0.4 is 0 Å². The monoisotopic (exact) mass is 310 g/mol. The standard InChI is InChI=1S/C16H10N2O3S/c1-22-13-7-9(8-17)6-12-14(13)21-15(18-12)10-2-4-11(5-3-10)16(19)20/h2-7H,1H3,(H,19,20). The Morgan fingerprint density at radius 3 is 2.64 bits per heavy atom. The fraction of sp³-hybridized carbons (Fsp3) is 0.0625. The number of nitriles is 1. The highest BCUT2D eigenvalue weighted by atomic mass is 32.2. The molecule has 0 fully saturated rings. The van der Waals surface area contributed by atoms with E-state index in [0.29, 0.717) is 28.1 Å². The second kappa shape index (κ2) is 5.54. The molecular weight excluding hydrogens is 300 g/mol. The molecule has 0 saturated heterocycles. The zero-order valence-corrected chi connectivity index (χ0v) is 12.3. The van der Waals surface area contributed by atoms with Crippen LogP contribution in [0, 0.1) is 11.3 Å². The van der Waals surface area contributed by atoms with E-state index in [9.17, 15) is 4.79 Å². The summed E-state index contributed by atoms with van der Waals surface area (Å²) in [5, 5.41) is 18.0. The van der Waals surface area contributed by atoms with Crippen molar-refractivity contribution in [1.29, 1.82) is 5.26 Å². The maximum Gasteiger partial charge on any atom is 0.335 e. The second-order valence-corrected chi connectivity index (χ2v) is 5.39. The van der Waals surface area contributed by atoms with Gasteiger partial charge in [-0.05, 0) is 42.7 Å². The van der Waals surface area contributed by atoms with E-state index in [4.69, 9.17) is 14.8 Å². The number of thioether (sulfide) groups is 1. The van der Waals surface area contributed by atoms with Gasteiger partial charge in [0.05, 0.1) is 22.1 Å². The van der Waals surface area contributed by atoms with Gasteiger partial charge in [0, 0.05) is 5.56 Å². The summed E-state index contributed by atoms with van der Waals surface area (Å²) in [5.74, 6) is -0.579. The molecule has 0 atom stereocenters. The van der Waals surface area contributed by atoms with Gasteiger partial charge in [-0.1, -0.05) is 0 Å². The second-order valence-electron chi connectivity index (χ2n) is 4.54. The maximum atomic E-state index is 10.9. The topological polar surface area (TPSA) is 87.1 Å². The fourth-order valence-corrected chi connectivity index (χ4v) is 2.67. The maximum absolute atomic E-state index is 10.9. The van der Waals surface area contributed by atoms with Crippen LogP contribution >= 0.6 is 11.8 Å². The molecule has 2 aromatic carbocycles. The zero-order valence-electron chi connectivity index (χ0n) is 11.5. The highest BCUT2D eigenvalue weighted by Gasteiger charge is 2.13.